The van der Waals surface area contributed by atoms with Crippen LogP contribution in [0.25, 0.3) is 0 Å². The van der Waals surface area contributed by atoms with Crippen molar-refractivity contribution in [2.75, 3.05) is 16.8 Å². The van der Waals surface area contributed by atoms with Crippen LogP contribution in [0.15, 0.2) is 54.6 Å². The second-order valence-electron chi connectivity index (χ2n) is 5.24. The first-order valence-corrected chi connectivity index (χ1v) is 7.05. The van der Waals surface area contributed by atoms with Crippen LogP contribution in [-0.2, 0) is 9.59 Å². The van der Waals surface area contributed by atoms with Gasteiger partial charge in [0.2, 0.25) is 11.8 Å². The molecule has 1 atom stereocenters. The van der Waals surface area contributed by atoms with Gasteiger partial charge < -0.3 is 10.2 Å². The Morgan fingerprint density at radius 3 is 2.45 bits per heavy atom. The Hall–Kier alpha value is -2.69. The van der Waals surface area contributed by atoms with E-state index in [9.17, 15) is 14.0 Å². The van der Waals surface area contributed by atoms with Crippen molar-refractivity contribution >= 4 is 23.2 Å². The minimum atomic E-state index is -0.405. The van der Waals surface area contributed by atoms with Crippen molar-refractivity contribution in [3.05, 3.63) is 60.4 Å². The summed E-state index contributed by atoms with van der Waals surface area (Å²) in [6.07, 6.45) is 0.163. The number of carbonyl (C=O) groups excluding carboxylic acids is 2. The number of amides is 2. The SMILES string of the molecule is O=C(Nc1ccccc1)[C@@H]1CC(=O)N(c2ccc(F)cc2)C1. The normalized spacial score (nSPS) is 17.6. The van der Waals surface area contributed by atoms with Gasteiger partial charge in [-0.05, 0) is 36.4 Å². The fourth-order valence-corrected chi connectivity index (χ4v) is 2.52. The van der Waals surface area contributed by atoms with Crippen LogP contribution in [0, 0.1) is 11.7 Å². The molecule has 0 radical (unpaired) electrons. The molecular formula is C17H15FN2O2. The van der Waals surface area contributed by atoms with Crippen molar-refractivity contribution in [2.24, 2.45) is 5.92 Å². The summed E-state index contributed by atoms with van der Waals surface area (Å²) in [4.78, 5) is 25.8. The van der Waals surface area contributed by atoms with Crippen LogP contribution < -0.4 is 10.2 Å². The number of carbonyl (C=O) groups is 2. The molecule has 1 aliphatic heterocycles. The molecular weight excluding hydrogens is 283 g/mol. The monoisotopic (exact) mass is 298 g/mol. The van der Waals surface area contributed by atoms with Crippen molar-refractivity contribution in [2.45, 2.75) is 6.42 Å². The lowest BCUT2D eigenvalue weighted by molar-refractivity contribution is -0.122. The largest absolute Gasteiger partial charge is 0.326 e. The van der Waals surface area contributed by atoms with Gasteiger partial charge in [-0.1, -0.05) is 18.2 Å². The van der Waals surface area contributed by atoms with Crippen molar-refractivity contribution in [1.82, 2.24) is 0 Å². The van der Waals surface area contributed by atoms with E-state index in [-0.39, 0.29) is 24.1 Å². The van der Waals surface area contributed by atoms with E-state index in [0.717, 1.165) is 0 Å². The average molecular weight is 298 g/mol. The summed E-state index contributed by atoms with van der Waals surface area (Å²) in [6.45, 7) is 0.309. The van der Waals surface area contributed by atoms with Gasteiger partial charge >= 0.3 is 0 Å². The molecule has 1 N–H and O–H groups in total. The van der Waals surface area contributed by atoms with Crippen LogP contribution in [0.3, 0.4) is 0 Å². The van der Waals surface area contributed by atoms with Crippen LogP contribution in [0.5, 0.6) is 0 Å². The zero-order valence-electron chi connectivity index (χ0n) is 11.8. The van der Waals surface area contributed by atoms with Gasteiger partial charge in [-0.25, -0.2) is 4.39 Å². The molecule has 1 fully saturated rings. The maximum atomic E-state index is 13.0. The van der Waals surface area contributed by atoms with Crippen LogP contribution in [0.2, 0.25) is 0 Å². The fraction of sp³-hybridized carbons (Fsp3) is 0.176. The summed E-state index contributed by atoms with van der Waals surface area (Å²) in [5.41, 5.74) is 1.32. The van der Waals surface area contributed by atoms with E-state index in [1.165, 1.54) is 17.0 Å². The number of halogens is 1. The first kappa shape index (κ1) is 14.3. The summed E-state index contributed by atoms with van der Waals surface area (Å²) in [5, 5.41) is 2.81. The summed E-state index contributed by atoms with van der Waals surface area (Å²) in [5.74, 6) is -1.06. The molecule has 2 aromatic carbocycles. The van der Waals surface area contributed by atoms with E-state index in [2.05, 4.69) is 5.32 Å². The number of nitrogens with one attached hydrogen (secondary N) is 1. The number of hydrogen-bond acceptors (Lipinski definition) is 2. The van der Waals surface area contributed by atoms with Gasteiger partial charge in [-0.15, -0.1) is 0 Å². The van der Waals surface area contributed by atoms with Gasteiger partial charge in [-0.3, -0.25) is 9.59 Å². The highest BCUT2D eigenvalue weighted by Gasteiger charge is 2.35. The van der Waals surface area contributed by atoms with E-state index in [0.29, 0.717) is 17.9 Å². The summed E-state index contributed by atoms with van der Waals surface area (Å²) in [7, 11) is 0. The highest BCUT2D eigenvalue weighted by molar-refractivity contribution is 6.03. The molecule has 5 heteroatoms. The molecule has 0 aliphatic carbocycles. The van der Waals surface area contributed by atoms with Crippen LogP contribution in [-0.4, -0.2) is 18.4 Å². The van der Waals surface area contributed by atoms with Crippen molar-refractivity contribution in [3.8, 4) is 0 Å². The lowest BCUT2D eigenvalue weighted by Gasteiger charge is -2.16. The van der Waals surface area contributed by atoms with E-state index >= 15 is 0 Å². The maximum absolute atomic E-state index is 13.0. The predicted molar refractivity (Wildman–Crippen MR) is 81.9 cm³/mol. The van der Waals surface area contributed by atoms with E-state index in [1.54, 1.807) is 24.3 Å². The Bertz CT molecular complexity index is 686. The molecule has 3 rings (SSSR count). The molecule has 1 saturated heterocycles. The number of nitrogens with zero attached hydrogens (tertiary/aromatic N) is 1. The highest BCUT2D eigenvalue weighted by atomic mass is 19.1. The number of para-hydroxylation sites is 1. The summed E-state index contributed by atoms with van der Waals surface area (Å²) in [6, 6.07) is 14.8. The lowest BCUT2D eigenvalue weighted by Crippen LogP contribution is -2.28. The molecule has 112 valence electrons. The molecule has 0 bridgehead atoms. The molecule has 4 nitrogen and oxygen atoms in total. The Labute approximate surface area is 127 Å². The molecule has 2 amide bonds. The standard InChI is InChI=1S/C17H15FN2O2/c18-13-6-8-15(9-7-13)20-11-12(10-16(20)21)17(22)19-14-4-2-1-3-5-14/h1-9,12H,10-11H2,(H,19,22)/t12-/m1/s1. The third-order valence-corrected chi connectivity index (χ3v) is 3.68. The summed E-state index contributed by atoms with van der Waals surface area (Å²) >= 11 is 0. The minimum Gasteiger partial charge on any atom is -0.326 e. The number of anilines is 2. The van der Waals surface area contributed by atoms with Gasteiger partial charge in [0.1, 0.15) is 5.82 Å². The Morgan fingerprint density at radius 1 is 1.09 bits per heavy atom. The smallest absolute Gasteiger partial charge is 0.229 e. The fourth-order valence-electron chi connectivity index (χ4n) is 2.52. The van der Waals surface area contributed by atoms with Gasteiger partial charge in [0.05, 0.1) is 5.92 Å². The van der Waals surface area contributed by atoms with Crippen LogP contribution >= 0.6 is 0 Å². The minimum absolute atomic E-state index is 0.125. The van der Waals surface area contributed by atoms with Gasteiger partial charge in [0.25, 0.3) is 0 Å². The second-order valence-corrected chi connectivity index (χ2v) is 5.24. The number of rotatable bonds is 3. The average Bonchev–Trinajstić information content (AvgIpc) is 2.91. The lowest BCUT2D eigenvalue weighted by atomic mass is 10.1. The Kier molecular flexibility index (Phi) is 3.87. The molecule has 0 aromatic heterocycles. The third kappa shape index (κ3) is 2.98. The molecule has 0 saturated carbocycles. The molecule has 1 heterocycles. The second kappa shape index (κ2) is 5.97. The predicted octanol–water partition coefficient (Wildman–Crippen LogP) is 2.82. The third-order valence-electron chi connectivity index (χ3n) is 3.68. The highest BCUT2D eigenvalue weighted by Crippen LogP contribution is 2.26. The van der Waals surface area contributed by atoms with Crippen LogP contribution in [0.4, 0.5) is 15.8 Å². The van der Waals surface area contributed by atoms with E-state index < -0.39 is 5.92 Å². The van der Waals surface area contributed by atoms with Gasteiger partial charge in [0, 0.05) is 24.3 Å². The Morgan fingerprint density at radius 2 is 1.77 bits per heavy atom. The molecule has 0 unspecified atom stereocenters. The first-order chi connectivity index (χ1) is 10.6. The zero-order chi connectivity index (χ0) is 15.5. The molecule has 22 heavy (non-hydrogen) atoms. The Balaban J connectivity index is 1.69. The molecule has 2 aromatic rings. The maximum Gasteiger partial charge on any atom is 0.229 e. The first-order valence-electron chi connectivity index (χ1n) is 7.05. The topological polar surface area (TPSA) is 49.4 Å². The summed E-state index contributed by atoms with van der Waals surface area (Å²) < 4.78 is 13.0. The van der Waals surface area contributed by atoms with Crippen molar-refractivity contribution < 1.29 is 14.0 Å². The number of hydrogen-bond donors (Lipinski definition) is 1. The van der Waals surface area contributed by atoms with Crippen molar-refractivity contribution in [3.63, 3.8) is 0 Å². The van der Waals surface area contributed by atoms with E-state index in [1.807, 2.05) is 18.2 Å². The molecule has 1 aliphatic rings. The molecule has 0 spiro atoms. The van der Waals surface area contributed by atoms with Crippen LogP contribution in [0.1, 0.15) is 6.42 Å². The zero-order valence-corrected chi connectivity index (χ0v) is 11.8. The van der Waals surface area contributed by atoms with Crippen molar-refractivity contribution in [1.29, 1.82) is 0 Å². The van der Waals surface area contributed by atoms with Gasteiger partial charge in [-0.2, -0.15) is 0 Å². The van der Waals surface area contributed by atoms with E-state index in [4.69, 9.17) is 0 Å². The van der Waals surface area contributed by atoms with Gasteiger partial charge in [0.15, 0.2) is 0 Å². The quantitative estimate of drug-likeness (QED) is 0.947. The number of benzene rings is 2.